The standard InChI is InChI=1S/2C35H55N3O4S.2C2HF3O2/c2*1-8-13-22-35(9-2)26-43(41,42)31-21-20-29(37(6)7)25-30(31)33(34(35)40)27-17-16-18-28(24-27)36-32(39)19-14-15-23-38(10-3,11-4)12-5;2*3-2(4,5)1(6)7/h2*16-18,20-21,24-25,33-34,40H,8-15,19,22-23,26H2,1-7H3;2*(H,6,7)/t2*33-,34-,35-;;/m10../s1. The van der Waals surface area contributed by atoms with Crippen molar-refractivity contribution >= 4 is 66.2 Å². The zero-order valence-electron chi connectivity index (χ0n) is 61.2. The minimum absolute atomic E-state index is 0.0233. The maximum atomic E-state index is 13.9. The Morgan fingerprint density at radius 2 is 0.810 bits per heavy atom. The van der Waals surface area contributed by atoms with Crippen LogP contribution in [-0.2, 0) is 38.9 Å². The molecule has 0 radical (unpaired) electrons. The summed E-state index contributed by atoms with van der Waals surface area (Å²) in [7, 11) is 0.408. The first-order valence-electron chi connectivity index (χ1n) is 35.2. The van der Waals surface area contributed by atoms with Gasteiger partial charge in [-0.2, -0.15) is 26.3 Å². The molecule has 100 heavy (non-hydrogen) atoms. The van der Waals surface area contributed by atoms with E-state index in [-0.39, 0.29) is 23.3 Å². The lowest BCUT2D eigenvalue weighted by molar-refractivity contribution is -0.923. The van der Waals surface area contributed by atoms with Gasteiger partial charge in [0.15, 0.2) is 19.7 Å². The average Bonchev–Trinajstić information content (AvgIpc) is 1.57. The van der Waals surface area contributed by atoms with Gasteiger partial charge in [-0.1, -0.05) is 77.6 Å². The van der Waals surface area contributed by atoms with Gasteiger partial charge < -0.3 is 59.4 Å². The summed E-state index contributed by atoms with van der Waals surface area (Å²) in [4.78, 5) is 48.0. The Morgan fingerprint density at radius 1 is 0.500 bits per heavy atom. The van der Waals surface area contributed by atoms with E-state index in [1.807, 2.05) is 125 Å². The van der Waals surface area contributed by atoms with Crippen LogP contribution in [0.3, 0.4) is 0 Å². The molecule has 2 aliphatic heterocycles. The Labute approximate surface area is 590 Å². The summed E-state index contributed by atoms with van der Waals surface area (Å²) < 4.78 is 121. The highest BCUT2D eigenvalue weighted by Crippen LogP contribution is 2.52. The molecule has 0 saturated heterocycles. The summed E-state index contributed by atoms with van der Waals surface area (Å²) in [5.74, 6) is -7.32. The number of amides is 2. The van der Waals surface area contributed by atoms with Gasteiger partial charge in [-0.15, -0.1) is 0 Å². The monoisotopic (exact) mass is 1450 g/mol. The molecule has 4 aromatic carbocycles. The summed E-state index contributed by atoms with van der Waals surface area (Å²) in [6, 6.07) is 26.2. The fraction of sp³-hybridized carbons (Fsp3) is 0.622. The molecule has 0 unspecified atom stereocenters. The van der Waals surface area contributed by atoms with Crippen LogP contribution in [-0.4, -0.2) is 176 Å². The van der Waals surface area contributed by atoms with Crippen LogP contribution in [0.1, 0.15) is 193 Å². The smallest absolute Gasteiger partial charge is 0.430 e. The second-order valence-electron chi connectivity index (χ2n) is 27.1. The van der Waals surface area contributed by atoms with E-state index in [1.54, 1.807) is 12.1 Å². The number of quaternary nitrogens is 2. The number of fused-ring (bicyclic) bond motifs is 2. The number of carboxylic acids is 2. The molecule has 0 spiro atoms. The third-order valence-electron chi connectivity index (χ3n) is 20.8. The molecule has 0 aliphatic carbocycles. The van der Waals surface area contributed by atoms with Gasteiger partial charge in [0.05, 0.1) is 85.9 Å². The normalized spacial score (nSPS) is 20.1. The number of benzene rings is 4. The summed E-state index contributed by atoms with van der Waals surface area (Å²) in [6.07, 6.45) is -1.68. The molecule has 0 saturated carbocycles. The molecular weight excluding hydrogens is 1340 g/mol. The lowest BCUT2D eigenvalue weighted by Crippen LogP contribution is -2.48. The van der Waals surface area contributed by atoms with Gasteiger partial charge in [0.1, 0.15) is 11.9 Å². The summed E-state index contributed by atoms with van der Waals surface area (Å²) >= 11 is 0. The topological polar surface area (TPSA) is 254 Å². The van der Waals surface area contributed by atoms with Crippen molar-refractivity contribution in [2.24, 2.45) is 10.8 Å². The number of aliphatic hydroxyl groups is 2. The number of aliphatic carboxylic acids is 2. The molecule has 2 heterocycles. The van der Waals surface area contributed by atoms with E-state index in [0.717, 1.165) is 135 Å². The Morgan fingerprint density at radius 3 is 1.07 bits per heavy atom. The number of anilines is 4. The fourth-order valence-corrected chi connectivity index (χ4v) is 18.3. The number of nitrogens with one attached hydrogen (secondary N) is 2. The van der Waals surface area contributed by atoms with Crippen LogP contribution in [0.15, 0.2) is 94.7 Å². The number of carbonyl (C=O) groups is 4. The number of unbranched alkanes of at least 4 members (excludes halogenated alkanes) is 4. The Balaban J connectivity index is 0.000000436. The highest BCUT2D eigenvalue weighted by atomic mass is 32.2. The summed E-state index contributed by atoms with van der Waals surface area (Å²) in [5, 5.41) is 48.2. The first kappa shape index (κ1) is 87.9. The van der Waals surface area contributed by atoms with E-state index in [1.165, 1.54) is 0 Å². The first-order valence-corrected chi connectivity index (χ1v) is 38.5. The van der Waals surface area contributed by atoms with E-state index in [2.05, 4.69) is 66.0 Å². The van der Waals surface area contributed by atoms with Gasteiger partial charge in [0.25, 0.3) is 0 Å². The van der Waals surface area contributed by atoms with Gasteiger partial charge >= 0.3 is 12.4 Å². The maximum Gasteiger partial charge on any atom is 0.430 e. The highest BCUT2D eigenvalue weighted by Gasteiger charge is 2.51. The molecule has 2 amide bonds. The summed E-state index contributed by atoms with van der Waals surface area (Å²) in [6.45, 7) is 30.4. The summed E-state index contributed by atoms with van der Waals surface area (Å²) in [5.41, 5.74) is 4.41. The first-order chi connectivity index (χ1) is 46.7. The van der Waals surface area contributed by atoms with Crippen LogP contribution in [0.2, 0.25) is 0 Å². The SMILES string of the molecule is CCCC[C@@]1(CC)CS(=O)(=O)c2ccc(N(C)C)cc2[C@H](c2cccc(NC(=O)CCCC[N+](CC)(CC)CC)c2)[C@@H]1O.CCCC[C@]1(CC)CS(=O)(=O)c2ccc(N(C)C)cc2[C@@H](c2cccc(NC(=O)CCCC[N+](CC)(CC)CC)c2)[C@H]1O.O=C([O-])C(F)(F)F.O=C([O-])C(F)(F)F. The van der Waals surface area contributed by atoms with Crippen LogP contribution in [0, 0.1) is 10.8 Å². The second-order valence-corrected chi connectivity index (χ2v) is 31.0. The molecule has 26 heteroatoms. The number of rotatable bonds is 30. The number of carboxylic acid groups (broad SMARTS) is 2. The Kier molecular flexibility index (Phi) is 34.1. The molecule has 2 aliphatic rings. The minimum Gasteiger partial charge on any atom is -0.542 e. The van der Waals surface area contributed by atoms with Crippen molar-refractivity contribution in [3.05, 3.63) is 107 Å². The minimum atomic E-state index is -5.19. The molecule has 564 valence electrons. The second kappa shape index (κ2) is 38.8. The van der Waals surface area contributed by atoms with E-state index < -0.39 is 78.8 Å². The van der Waals surface area contributed by atoms with Gasteiger partial charge in [-0.3, -0.25) is 9.59 Å². The number of nitrogens with zero attached hydrogens (tertiary/aromatic N) is 4. The van der Waals surface area contributed by atoms with E-state index in [4.69, 9.17) is 19.8 Å². The van der Waals surface area contributed by atoms with Gasteiger partial charge in [0.2, 0.25) is 11.8 Å². The zero-order chi connectivity index (χ0) is 75.8. The largest absolute Gasteiger partial charge is 0.542 e. The van der Waals surface area contributed by atoms with Crippen molar-refractivity contribution < 1.29 is 91.7 Å². The number of hydrogen-bond donors (Lipinski definition) is 4. The number of aliphatic hydroxyl groups excluding tert-OH is 2. The molecule has 4 N–H and O–H groups in total. The van der Waals surface area contributed by atoms with Crippen LogP contribution in [0.5, 0.6) is 0 Å². The lowest BCUT2D eigenvalue weighted by Gasteiger charge is -2.39. The van der Waals surface area contributed by atoms with Crippen molar-refractivity contribution in [3.8, 4) is 0 Å². The van der Waals surface area contributed by atoms with Crippen molar-refractivity contribution in [2.75, 3.05) is 112 Å². The number of halogens is 6. The Bertz CT molecular complexity index is 3270. The van der Waals surface area contributed by atoms with Crippen LogP contribution in [0.25, 0.3) is 0 Å². The van der Waals surface area contributed by atoms with Crippen LogP contribution in [0.4, 0.5) is 49.1 Å². The molecule has 6 atom stereocenters. The lowest BCUT2D eigenvalue weighted by atomic mass is 9.69. The fourth-order valence-electron chi connectivity index (χ4n) is 13.8. The van der Waals surface area contributed by atoms with E-state index in [9.17, 15) is 63.0 Å². The van der Waals surface area contributed by atoms with Gasteiger partial charge in [0, 0.05) is 86.4 Å². The number of sulfone groups is 2. The van der Waals surface area contributed by atoms with Crippen molar-refractivity contribution in [1.29, 1.82) is 0 Å². The van der Waals surface area contributed by atoms with Crippen LogP contribution < -0.4 is 30.6 Å². The van der Waals surface area contributed by atoms with Crippen molar-refractivity contribution in [3.63, 3.8) is 0 Å². The van der Waals surface area contributed by atoms with Crippen molar-refractivity contribution in [2.45, 2.75) is 205 Å². The maximum absolute atomic E-state index is 13.9. The predicted molar refractivity (Wildman–Crippen MR) is 379 cm³/mol. The third-order valence-corrected chi connectivity index (χ3v) is 24.8. The molecule has 0 aromatic heterocycles. The van der Waals surface area contributed by atoms with Crippen molar-refractivity contribution in [1.82, 2.24) is 0 Å². The number of alkyl halides is 6. The number of hydrogen-bond acceptors (Lipinski definition) is 14. The zero-order valence-corrected chi connectivity index (χ0v) is 62.8. The molecule has 6 rings (SSSR count). The predicted octanol–water partition coefficient (Wildman–Crippen LogP) is 11.8. The Hall–Kier alpha value is -6.32. The molecule has 4 aromatic rings. The quantitative estimate of drug-likeness (QED) is 0.0215. The molecular formula is C74H112F6N6O12S2. The van der Waals surface area contributed by atoms with E-state index >= 15 is 0 Å². The third kappa shape index (κ3) is 23.9. The van der Waals surface area contributed by atoms with E-state index in [0.29, 0.717) is 70.8 Å². The molecule has 0 fully saturated rings. The van der Waals surface area contributed by atoms with Gasteiger partial charge in [-0.05, 0) is 176 Å². The highest BCUT2D eigenvalue weighted by molar-refractivity contribution is 7.91. The molecule has 0 bridgehead atoms. The van der Waals surface area contributed by atoms with Crippen LogP contribution >= 0.6 is 0 Å². The number of carbonyl (C=O) groups excluding carboxylic acids is 4. The van der Waals surface area contributed by atoms with Gasteiger partial charge in [-0.25, -0.2) is 16.8 Å². The average molecular weight is 1460 g/mol. The molecule has 18 nitrogen and oxygen atoms in total.